The monoisotopic (exact) mass is 477 g/mol. The number of nitrogens with one attached hydrogen (secondary N) is 1. The SMILES string of the molecule is Cc1ccc(S(=O)(=O)N2CCN([C@H](C)C(=O)Nc3ccccc3-c3ccccc3)CC2)c(C)c1. The Hall–Kier alpha value is -3.00. The van der Waals surface area contributed by atoms with Crippen molar-refractivity contribution < 1.29 is 13.2 Å². The first-order valence-electron chi connectivity index (χ1n) is 11.5. The summed E-state index contributed by atoms with van der Waals surface area (Å²) in [5.74, 6) is -0.103. The molecule has 1 N–H and O–H groups in total. The summed E-state index contributed by atoms with van der Waals surface area (Å²) in [7, 11) is -3.56. The normalized spacial score (nSPS) is 16.2. The molecular formula is C27H31N3O3S. The molecular weight excluding hydrogens is 446 g/mol. The highest BCUT2D eigenvalue weighted by atomic mass is 32.2. The fourth-order valence-electron chi connectivity index (χ4n) is 4.42. The molecule has 0 bridgehead atoms. The number of aryl methyl sites for hydroxylation is 2. The zero-order valence-electron chi connectivity index (χ0n) is 19.9. The molecule has 0 radical (unpaired) electrons. The largest absolute Gasteiger partial charge is 0.324 e. The summed E-state index contributed by atoms with van der Waals surface area (Å²) in [6.07, 6.45) is 0. The van der Waals surface area contributed by atoms with E-state index >= 15 is 0 Å². The van der Waals surface area contributed by atoms with Crippen LogP contribution in [0.4, 0.5) is 5.69 Å². The molecule has 1 amide bonds. The van der Waals surface area contributed by atoms with Gasteiger partial charge in [0.2, 0.25) is 15.9 Å². The second-order valence-electron chi connectivity index (χ2n) is 8.79. The quantitative estimate of drug-likeness (QED) is 0.575. The number of carbonyl (C=O) groups is 1. The van der Waals surface area contributed by atoms with Gasteiger partial charge >= 0.3 is 0 Å². The van der Waals surface area contributed by atoms with Crippen LogP contribution in [-0.4, -0.2) is 55.8 Å². The molecule has 0 aliphatic carbocycles. The van der Waals surface area contributed by atoms with Gasteiger partial charge in [0.25, 0.3) is 0 Å². The van der Waals surface area contributed by atoms with Crippen LogP contribution in [0.5, 0.6) is 0 Å². The molecule has 1 heterocycles. The van der Waals surface area contributed by atoms with E-state index in [1.54, 1.807) is 6.07 Å². The van der Waals surface area contributed by atoms with Gasteiger partial charge in [0.15, 0.2) is 0 Å². The highest BCUT2D eigenvalue weighted by Gasteiger charge is 2.32. The molecule has 6 nitrogen and oxygen atoms in total. The molecule has 1 aliphatic rings. The van der Waals surface area contributed by atoms with E-state index in [1.807, 2.05) is 92.4 Å². The van der Waals surface area contributed by atoms with Gasteiger partial charge in [-0.2, -0.15) is 4.31 Å². The van der Waals surface area contributed by atoms with Gasteiger partial charge in [-0.25, -0.2) is 8.42 Å². The van der Waals surface area contributed by atoms with Gasteiger partial charge in [0, 0.05) is 37.4 Å². The van der Waals surface area contributed by atoms with E-state index in [1.165, 1.54) is 4.31 Å². The Morgan fingerprint density at radius 1 is 0.882 bits per heavy atom. The molecule has 34 heavy (non-hydrogen) atoms. The molecule has 0 spiro atoms. The predicted molar refractivity (Wildman–Crippen MR) is 136 cm³/mol. The van der Waals surface area contributed by atoms with E-state index in [0.29, 0.717) is 31.1 Å². The second-order valence-corrected chi connectivity index (χ2v) is 10.7. The first-order chi connectivity index (χ1) is 16.3. The molecule has 3 aromatic rings. The number of sulfonamides is 1. The van der Waals surface area contributed by atoms with Crippen LogP contribution in [0.15, 0.2) is 77.7 Å². The zero-order chi connectivity index (χ0) is 24.3. The fourth-order valence-corrected chi connectivity index (χ4v) is 6.05. The maximum absolute atomic E-state index is 13.2. The van der Waals surface area contributed by atoms with E-state index in [0.717, 1.165) is 27.9 Å². The van der Waals surface area contributed by atoms with Gasteiger partial charge in [-0.3, -0.25) is 9.69 Å². The first-order valence-corrected chi connectivity index (χ1v) is 13.0. The van der Waals surface area contributed by atoms with Crippen LogP contribution < -0.4 is 5.32 Å². The first kappa shape index (κ1) is 24.1. The van der Waals surface area contributed by atoms with Gasteiger partial charge in [0.05, 0.1) is 10.9 Å². The van der Waals surface area contributed by atoms with Crippen LogP contribution >= 0.6 is 0 Å². The average molecular weight is 478 g/mol. The van der Waals surface area contributed by atoms with E-state index in [4.69, 9.17) is 0 Å². The number of rotatable bonds is 6. The Labute approximate surface area is 202 Å². The Morgan fingerprint density at radius 3 is 2.21 bits per heavy atom. The Balaban J connectivity index is 1.41. The smallest absolute Gasteiger partial charge is 0.243 e. The number of nitrogens with zero attached hydrogens (tertiary/aromatic N) is 2. The lowest BCUT2D eigenvalue weighted by atomic mass is 10.0. The Bertz CT molecular complexity index is 1270. The summed E-state index contributed by atoms with van der Waals surface area (Å²) in [6, 6.07) is 22.7. The highest BCUT2D eigenvalue weighted by Crippen LogP contribution is 2.28. The number of hydrogen-bond acceptors (Lipinski definition) is 4. The van der Waals surface area contributed by atoms with Gasteiger partial charge in [-0.1, -0.05) is 66.2 Å². The van der Waals surface area contributed by atoms with Crippen LogP contribution in [0.25, 0.3) is 11.1 Å². The van der Waals surface area contributed by atoms with E-state index in [9.17, 15) is 13.2 Å². The molecule has 1 fully saturated rings. The van der Waals surface area contributed by atoms with Crippen LogP contribution in [-0.2, 0) is 14.8 Å². The van der Waals surface area contributed by atoms with Crippen LogP contribution in [0.2, 0.25) is 0 Å². The number of anilines is 1. The number of piperazine rings is 1. The molecule has 4 rings (SSSR count). The molecule has 3 aromatic carbocycles. The molecule has 0 saturated carbocycles. The van der Waals surface area contributed by atoms with Crippen molar-refractivity contribution in [2.75, 3.05) is 31.5 Å². The Morgan fingerprint density at radius 2 is 1.53 bits per heavy atom. The number of amides is 1. The minimum atomic E-state index is -3.56. The number of benzene rings is 3. The third-order valence-electron chi connectivity index (χ3n) is 6.42. The lowest BCUT2D eigenvalue weighted by Crippen LogP contribution is -2.54. The second kappa shape index (κ2) is 10.1. The summed E-state index contributed by atoms with van der Waals surface area (Å²) >= 11 is 0. The van der Waals surface area contributed by atoms with Crippen molar-refractivity contribution in [2.24, 2.45) is 0 Å². The highest BCUT2D eigenvalue weighted by molar-refractivity contribution is 7.89. The number of carbonyl (C=O) groups excluding carboxylic acids is 1. The minimum absolute atomic E-state index is 0.103. The van der Waals surface area contributed by atoms with Gasteiger partial charge < -0.3 is 5.32 Å². The predicted octanol–water partition coefficient (Wildman–Crippen LogP) is 4.30. The molecule has 0 unspecified atom stereocenters. The van der Waals surface area contributed by atoms with Gasteiger partial charge in [-0.15, -0.1) is 0 Å². The van der Waals surface area contributed by atoms with Crippen LogP contribution in [0.3, 0.4) is 0 Å². The zero-order valence-corrected chi connectivity index (χ0v) is 20.7. The summed E-state index contributed by atoms with van der Waals surface area (Å²) in [5, 5.41) is 3.07. The lowest BCUT2D eigenvalue weighted by molar-refractivity contribution is -0.121. The minimum Gasteiger partial charge on any atom is -0.324 e. The molecule has 1 aliphatic heterocycles. The maximum Gasteiger partial charge on any atom is 0.243 e. The van der Waals surface area contributed by atoms with E-state index in [2.05, 4.69) is 5.32 Å². The van der Waals surface area contributed by atoms with Crippen molar-refractivity contribution in [3.05, 3.63) is 83.9 Å². The van der Waals surface area contributed by atoms with E-state index in [-0.39, 0.29) is 11.9 Å². The molecule has 1 atom stereocenters. The van der Waals surface area contributed by atoms with Crippen LogP contribution in [0, 0.1) is 13.8 Å². The third kappa shape index (κ3) is 5.06. The summed E-state index contributed by atoms with van der Waals surface area (Å²) in [6.45, 7) is 7.36. The molecule has 178 valence electrons. The summed E-state index contributed by atoms with van der Waals surface area (Å²) in [4.78, 5) is 15.5. The standard InChI is InChI=1S/C27H31N3O3S/c1-20-13-14-26(21(2)19-20)34(32,33)30-17-15-29(16-18-30)22(3)27(31)28-25-12-8-7-11-24(25)23-9-5-4-6-10-23/h4-14,19,22H,15-18H2,1-3H3,(H,28,31)/t22-/m1/s1. The van der Waals surface area contributed by atoms with Crippen molar-refractivity contribution in [1.82, 2.24) is 9.21 Å². The van der Waals surface area contributed by atoms with Crippen molar-refractivity contribution in [3.63, 3.8) is 0 Å². The maximum atomic E-state index is 13.2. The average Bonchev–Trinajstić information content (AvgIpc) is 2.84. The van der Waals surface area contributed by atoms with Crippen molar-refractivity contribution in [3.8, 4) is 11.1 Å². The van der Waals surface area contributed by atoms with Crippen molar-refractivity contribution >= 4 is 21.6 Å². The molecule has 1 saturated heterocycles. The number of para-hydroxylation sites is 1. The fraction of sp³-hybridized carbons (Fsp3) is 0.296. The van der Waals surface area contributed by atoms with Gasteiger partial charge in [-0.05, 0) is 44.0 Å². The van der Waals surface area contributed by atoms with Crippen molar-refractivity contribution in [1.29, 1.82) is 0 Å². The van der Waals surface area contributed by atoms with Crippen LogP contribution in [0.1, 0.15) is 18.1 Å². The molecule has 0 aromatic heterocycles. The van der Waals surface area contributed by atoms with Gasteiger partial charge in [0.1, 0.15) is 0 Å². The summed E-state index contributed by atoms with van der Waals surface area (Å²) in [5.41, 5.74) is 4.56. The summed E-state index contributed by atoms with van der Waals surface area (Å²) < 4.78 is 27.9. The molecule has 7 heteroatoms. The van der Waals surface area contributed by atoms with E-state index < -0.39 is 10.0 Å². The Kier molecular flexibility index (Phi) is 7.16. The van der Waals surface area contributed by atoms with Crippen molar-refractivity contribution in [2.45, 2.75) is 31.7 Å². The lowest BCUT2D eigenvalue weighted by Gasteiger charge is -2.37. The number of hydrogen-bond donors (Lipinski definition) is 1. The third-order valence-corrected chi connectivity index (χ3v) is 8.48. The topological polar surface area (TPSA) is 69.7 Å².